The number of nitrogens with one attached hydrogen (secondary N) is 1. The molecule has 92 valence electrons. The van der Waals surface area contributed by atoms with Gasteiger partial charge in [-0.3, -0.25) is 9.59 Å². The SMILES string of the molecule is CCN(CC)C(=O)CNC(=O)C1(N)CCC1. The van der Waals surface area contributed by atoms with Crippen molar-refractivity contribution in [1.29, 1.82) is 0 Å². The lowest BCUT2D eigenvalue weighted by Gasteiger charge is -2.36. The van der Waals surface area contributed by atoms with Gasteiger partial charge >= 0.3 is 0 Å². The molecule has 1 fully saturated rings. The average Bonchev–Trinajstić information content (AvgIpc) is 2.24. The highest BCUT2D eigenvalue weighted by Gasteiger charge is 2.40. The van der Waals surface area contributed by atoms with Crippen LogP contribution in [-0.4, -0.2) is 41.9 Å². The molecular formula is C11H21N3O2. The maximum Gasteiger partial charge on any atom is 0.241 e. The van der Waals surface area contributed by atoms with Crippen LogP contribution in [0.1, 0.15) is 33.1 Å². The van der Waals surface area contributed by atoms with Gasteiger partial charge in [0.2, 0.25) is 11.8 Å². The quantitative estimate of drug-likeness (QED) is 0.686. The average molecular weight is 227 g/mol. The summed E-state index contributed by atoms with van der Waals surface area (Å²) in [7, 11) is 0. The Morgan fingerprint density at radius 2 is 1.88 bits per heavy atom. The van der Waals surface area contributed by atoms with Crippen LogP contribution in [-0.2, 0) is 9.59 Å². The molecule has 0 aromatic carbocycles. The second-order valence-corrected chi connectivity index (χ2v) is 4.26. The first-order chi connectivity index (χ1) is 7.53. The molecule has 0 atom stereocenters. The molecule has 0 bridgehead atoms. The van der Waals surface area contributed by atoms with Gasteiger partial charge in [0.15, 0.2) is 0 Å². The number of nitrogens with two attached hydrogens (primary N) is 1. The number of likely N-dealkylation sites (N-methyl/N-ethyl adjacent to an activating group) is 1. The van der Waals surface area contributed by atoms with Crippen molar-refractivity contribution in [1.82, 2.24) is 10.2 Å². The van der Waals surface area contributed by atoms with Crippen molar-refractivity contribution in [2.24, 2.45) is 5.73 Å². The van der Waals surface area contributed by atoms with Crippen LogP contribution < -0.4 is 11.1 Å². The standard InChI is InChI=1S/C11H21N3O2/c1-3-14(4-2)9(15)8-13-10(16)11(12)6-5-7-11/h3-8,12H2,1-2H3,(H,13,16). The lowest BCUT2D eigenvalue weighted by Crippen LogP contribution is -2.59. The number of amides is 2. The second kappa shape index (κ2) is 5.30. The van der Waals surface area contributed by atoms with Crippen molar-refractivity contribution < 1.29 is 9.59 Å². The monoisotopic (exact) mass is 227 g/mol. The van der Waals surface area contributed by atoms with E-state index < -0.39 is 5.54 Å². The highest BCUT2D eigenvalue weighted by Crippen LogP contribution is 2.28. The fourth-order valence-corrected chi connectivity index (χ4v) is 1.80. The van der Waals surface area contributed by atoms with E-state index in [9.17, 15) is 9.59 Å². The van der Waals surface area contributed by atoms with Crippen LogP contribution in [0.3, 0.4) is 0 Å². The Bertz CT molecular complexity index is 270. The third-order valence-corrected chi connectivity index (χ3v) is 3.21. The van der Waals surface area contributed by atoms with Crippen molar-refractivity contribution in [3.63, 3.8) is 0 Å². The summed E-state index contributed by atoms with van der Waals surface area (Å²) in [6.07, 6.45) is 2.44. The van der Waals surface area contributed by atoms with Crippen LogP contribution in [0.4, 0.5) is 0 Å². The Morgan fingerprint density at radius 3 is 2.25 bits per heavy atom. The third kappa shape index (κ3) is 2.72. The molecule has 0 aliphatic heterocycles. The van der Waals surface area contributed by atoms with Crippen LogP contribution in [0.5, 0.6) is 0 Å². The van der Waals surface area contributed by atoms with E-state index in [2.05, 4.69) is 5.32 Å². The first kappa shape index (κ1) is 13.0. The van der Waals surface area contributed by atoms with E-state index in [0.29, 0.717) is 13.1 Å². The Labute approximate surface area is 96.4 Å². The normalized spacial score (nSPS) is 17.4. The number of nitrogens with zero attached hydrogens (tertiary/aromatic N) is 1. The molecular weight excluding hydrogens is 206 g/mol. The van der Waals surface area contributed by atoms with Crippen molar-refractivity contribution in [3.8, 4) is 0 Å². The van der Waals surface area contributed by atoms with Crippen LogP contribution in [0.2, 0.25) is 0 Å². The number of carbonyl (C=O) groups excluding carboxylic acids is 2. The van der Waals surface area contributed by atoms with Gasteiger partial charge in [0, 0.05) is 13.1 Å². The van der Waals surface area contributed by atoms with E-state index in [1.807, 2.05) is 13.8 Å². The second-order valence-electron chi connectivity index (χ2n) is 4.26. The van der Waals surface area contributed by atoms with Crippen molar-refractivity contribution in [3.05, 3.63) is 0 Å². The zero-order valence-corrected chi connectivity index (χ0v) is 10.1. The number of hydrogen-bond donors (Lipinski definition) is 2. The zero-order valence-electron chi connectivity index (χ0n) is 10.1. The summed E-state index contributed by atoms with van der Waals surface area (Å²) < 4.78 is 0. The maximum absolute atomic E-state index is 11.6. The van der Waals surface area contributed by atoms with Gasteiger partial charge in [0.05, 0.1) is 12.1 Å². The fourth-order valence-electron chi connectivity index (χ4n) is 1.80. The predicted molar refractivity (Wildman–Crippen MR) is 61.7 cm³/mol. The van der Waals surface area contributed by atoms with Gasteiger partial charge in [-0.1, -0.05) is 0 Å². The molecule has 0 unspecified atom stereocenters. The topological polar surface area (TPSA) is 75.4 Å². The summed E-state index contributed by atoms with van der Waals surface area (Å²) in [5, 5.41) is 2.62. The van der Waals surface area contributed by atoms with Gasteiger partial charge in [-0.2, -0.15) is 0 Å². The highest BCUT2D eigenvalue weighted by molar-refractivity contribution is 5.90. The molecule has 5 nitrogen and oxygen atoms in total. The van der Waals surface area contributed by atoms with Crippen LogP contribution in [0, 0.1) is 0 Å². The van der Waals surface area contributed by atoms with Gasteiger partial charge in [-0.25, -0.2) is 0 Å². The molecule has 0 aromatic heterocycles. The van der Waals surface area contributed by atoms with Crippen molar-refractivity contribution >= 4 is 11.8 Å². The molecule has 0 aromatic rings. The maximum atomic E-state index is 11.6. The van der Waals surface area contributed by atoms with Crippen LogP contribution >= 0.6 is 0 Å². The molecule has 1 saturated carbocycles. The first-order valence-corrected chi connectivity index (χ1v) is 5.88. The van der Waals surface area contributed by atoms with Crippen molar-refractivity contribution in [2.75, 3.05) is 19.6 Å². The van der Waals surface area contributed by atoms with Gasteiger partial charge in [-0.15, -0.1) is 0 Å². The first-order valence-electron chi connectivity index (χ1n) is 5.88. The Hall–Kier alpha value is -1.10. The van der Waals surface area contributed by atoms with Crippen LogP contribution in [0.15, 0.2) is 0 Å². The molecule has 0 radical (unpaired) electrons. The van der Waals surface area contributed by atoms with Gasteiger partial charge < -0.3 is 16.0 Å². The third-order valence-electron chi connectivity index (χ3n) is 3.21. The highest BCUT2D eigenvalue weighted by atomic mass is 16.2. The lowest BCUT2D eigenvalue weighted by atomic mass is 9.77. The summed E-state index contributed by atoms with van der Waals surface area (Å²) in [6, 6.07) is 0. The van der Waals surface area contributed by atoms with Gasteiger partial charge in [0.25, 0.3) is 0 Å². The summed E-state index contributed by atoms with van der Waals surface area (Å²) in [5.74, 6) is -0.250. The fraction of sp³-hybridized carbons (Fsp3) is 0.818. The molecule has 0 saturated heterocycles. The van der Waals surface area contributed by atoms with Gasteiger partial charge in [0.1, 0.15) is 0 Å². The van der Waals surface area contributed by atoms with E-state index >= 15 is 0 Å². The number of carbonyl (C=O) groups is 2. The minimum Gasteiger partial charge on any atom is -0.345 e. The van der Waals surface area contributed by atoms with E-state index in [-0.39, 0.29) is 18.4 Å². The van der Waals surface area contributed by atoms with Crippen molar-refractivity contribution in [2.45, 2.75) is 38.6 Å². The number of hydrogen-bond acceptors (Lipinski definition) is 3. The summed E-state index contributed by atoms with van der Waals surface area (Å²) in [5.41, 5.74) is 5.12. The summed E-state index contributed by atoms with van der Waals surface area (Å²) in [4.78, 5) is 24.9. The Kier molecular flexibility index (Phi) is 4.29. The minimum absolute atomic E-state index is 0.0544. The zero-order chi connectivity index (χ0) is 12.2. The minimum atomic E-state index is -0.719. The number of rotatable bonds is 5. The van der Waals surface area contributed by atoms with E-state index in [1.165, 1.54) is 0 Å². The molecule has 0 heterocycles. The largest absolute Gasteiger partial charge is 0.345 e. The molecule has 16 heavy (non-hydrogen) atoms. The molecule has 3 N–H and O–H groups in total. The van der Waals surface area contributed by atoms with E-state index in [0.717, 1.165) is 19.3 Å². The molecule has 2 amide bonds. The molecule has 0 spiro atoms. The Morgan fingerprint density at radius 1 is 1.31 bits per heavy atom. The smallest absolute Gasteiger partial charge is 0.241 e. The molecule has 1 aliphatic rings. The van der Waals surface area contributed by atoms with Crippen LogP contribution in [0.25, 0.3) is 0 Å². The van der Waals surface area contributed by atoms with E-state index in [1.54, 1.807) is 4.90 Å². The van der Waals surface area contributed by atoms with E-state index in [4.69, 9.17) is 5.73 Å². The summed E-state index contributed by atoms with van der Waals surface area (Å²) >= 11 is 0. The van der Waals surface area contributed by atoms with Gasteiger partial charge in [-0.05, 0) is 33.1 Å². The Balaban J connectivity index is 2.34. The molecule has 5 heteroatoms. The lowest BCUT2D eigenvalue weighted by molar-refractivity contribution is -0.135. The molecule has 1 rings (SSSR count). The molecule has 1 aliphatic carbocycles. The summed E-state index contributed by atoms with van der Waals surface area (Å²) in [6.45, 7) is 5.22. The predicted octanol–water partition coefficient (Wildman–Crippen LogP) is -0.148.